The molecule has 0 bridgehead atoms. The fourth-order valence-corrected chi connectivity index (χ4v) is 2.50. The van der Waals surface area contributed by atoms with Crippen LogP contribution in [0.4, 0.5) is 4.39 Å². The van der Waals surface area contributed by atoms with Crippen molar-refractivity contribution in [1.82, 2.24) is 4.57 Å². The summed E-state index contributed by atoms with van der Waals surface area (Å²) >= 11 is 8.92. The Morgan fingerprint density at radius 3 is 2.81 bits per heavy atom. The molecule has 1 aromatic heterocycles. The molecule has 0 atom stereocenters. The van der Waals surface area contributed by atoms with E-state index in [1.807, 2.05) is 0 Å². The summed E-state index contributed by atoms with van der Waals surface area (Å²) in [4.78, 5) is 11.6. The third kappa shape index (κ3) is 1.66. The zero-order valence-corrected chi connectivity index (χ0v) is 10.8. The molecular formula is C11H8BrClFNO. The molecule has 0 fully saturated rings. The van der Waals surface area contributed by atoms with Crippen LogP contribution >= 0.6 is 27.5 Å². The summed E-state index contributed by atoms with van der Waals surface area (Å²) in [6, 6.07) is 4.46. The monoisotopic (exact) mass is 303 g/mol. The van der Waals surface area contributed by atoms with Crippen molar-refractivity contribution in [1.29, 1.82) is 0 Å². The molecule has 5 heteroatoms. The first-order valence-electron chi connectivity index (χ1n) is 4.59. The topological polar surface area (TPSA) is 22.0 Å². The predicted octanol–water partition coefficient (Wildman–Crippen LogP) is 3.18. The van der Waals surface area contributed by atoms with Crippen molar-refractivity contribution in [2.45, 2.75) is 5.88 Å². The Morgan fingerprint density at radius 2 is 2.19 bits per heavy atom. The van der Waals surface area contributed by atoms with Gasteiger partial charge in [-0.3, -0.25) is 4.79 Å². The van der Waals surface area contributed by atoms with Gasteiger partial charge >= 0.3 is 0 Å². The minimum Gasteiger partial charge on any atom is -0.310 e. The highest BCUT2D eigenvalue weighted by Crippen LogP contribution is 2.28. The second-order valence-electron chi connectivity index (χ2n) is 3.46. The lowest BCUT2D eigenvalue weighted by atomic mass is 10.1. The highest BCUT2D eigenvalue weighted by atomic mass is 79.9. The maximum atomic E-state index is 13.4. The lowest BCUT2D eigenvalue weighted by Gasteiger charge is -2.10. The lowest BCUT2D eigenvalue weighted by molar-refractivity contribution is 0.622. The Morgan fingerprint density at radius 1 is 1.50 bits per heavy atom. The summed E-state index contributed by atoms with van der Waals surface area (Å²) in [5.41, 5.74) is 1.04. The highest BCUT2D eigenvalue weighted by Gasteiger charge is 2.11. The minimum absolute atomic E-state index is 0.200. The van der Waals surface area contributed by atoms with Gasteiger partial charge in [0.05, 0.1) is 9.99 Å². The van der Waals surface area contributed by atoms with E-state index in [9.17, 15) is 9.18 Å². The molecule has 2 rings (SSSR count). The SMILES string of the molecule is Cn1c(=O)cc(CCl)c2ccc(F)c(Br)c21. The van der Waals surface area contributed by atoms with Crippen LogP contribution in [0.15, 0.2) is 27.5 Å². The normalized spacial score (nSPS) is 11.0. The van der Waals surface area contributed by atoms with Crippen LogP contribution in [0.5, 0.6) is 0 Å². The van der Waals surface area contributed by atoms with Crippen LogP contribution in [0.3, 0.4) is 0 Å². The van der Waals surface area contributed by atoms with Gasteiger partial charge in [-0.15, -0.1) is 11.6 Å². The summed E-state index contributed by atoms with van der Waals surface area (Å²) in [5, 5.41) is 0.783. The summed E-state index contributed by atoms with van der Waals surface area (Å²) in [6.07, 6.45) is 0. The van der Waals surface area contributed by atoms with Crippen molar-refractivity contribution >= 4 is 38.4 Å². The molecule has 2 aromatic rings. The smallest absolute Gasteiger partial charge is 0.251 e. The molecule has 1 heterocycles. The molecule has 2 nitrogen and oxygen atoms in total. The number of hydrogen-bond acceptors (Lipinski definition) is 1. The van der Waals surface area contributed by atoms with E-state index in [0.29, 0.717) is 11.1 Å². The average molecular weight is 305 g/mol. The highest BCUT2D eigenvalue weighted by molar-refractivity contribution is 9.10. The first-order valence-corrected chi connectivity index (χ1v) is 5.91. The van der Waals surface area contributed by atoms with Gasteiger partial charge in [0, 0.05) is 24.4 Å². The Balaban J connectivity index is 3.05. The van der Waals surface area contributed by atoms with Gasteiger partial charge in [-0.25, -0.2) is 4.39 Å². The maximum Gasteiger partial charge on any atom is 0.251 e. The third-order valence-corrected chi connectivity index (χ3v) is 3.56. The van der Waals surface area contributed by atoms with E-state index in [-0.39, 0.29) is 15.9 Å². The van der Waals surface area contributed by atoms with Gasteiger partial charge < -0.3 is 4.57 Å². The van der Waals surface area contributed by atoms with E-state index >= 15 is 0 Å². The number of alkyl halides is 1. The van der Waals surface area contributed by atoms with Crippen LogP contribution in [0.25, 0.3) is 10.9 Å². The van der Waals surface area contributed by atoms with Gasteiger partial charge in [-0.05, 0) is 33.6 Å². The van der Waals surface area contributed by atoms with Gasteiger partial charge in [-0.2, -0.15) is 0 Å². The summed E-state index contributed by atoms with van der Waals surface area (Å²) in [6.45, 7) is 0. The van der Waals surface area contributed by atoms with Gasteiger partial charge in [0.1, 0.15) is 5.82 Å². The Kier molecular flexibility index (Phi) is 3.04. The van der Waals surface area contributed by atoms with Crippen LogP contribution in [0, 0.1) is 5.82 Å². The lowest BCUT2D eigenvalue weighted by Crippen LogP contribution is -2.17. The van der Waals surface area contributed by atoms with Gasteiger partial charge in [-0.1, -0.05) is 0 Å². The Labute approximate surface area is 105 Å². The number of aromatic nitrogens is 1. The van der Waals surface area contributed by atoms with Crippen molar-refractivity contribution < 1.29 is 4.39 Å². The quantitative estimate of drug-likeness (QED) is 0.742. The molecule has 0 amide bonds. The maximum absolute atomic E-state index is 13.4. The van der Waals surface area contributed by atoms with Crippen molar-refractivity contribution in [2.24, 2.45) is 7.05 Å². The molecular weight excluding hydrogens is 296 g/mol. The second kappa shape index (κ2) is 4.18. The zero-order valence-electron chi connectivity index (χ0n) is 8.43. The van der Waals surface area contributed by atoms with Crippen LogP contribution in [0.2, 0.25) is 0 Å². The minimum atomic E-state index is -0.394. The average Bonchev–Trinajstić information content (AvgIpc) is 2.27. The molecule has 0 aliphatic rings. The standard InChI is InChI=1S/C11H8BrClFNO/c1-15-9(16)4-6(5-13)7-2-3-8(14)10(12)11(7)15/h2-4H,5H2,1H3. The van der Waals surface area contributed by atoms with E-state index in [1.54, 1.807) is 13.1 Å². The molecule has 0 radical (unpaired) electrons. The molecule has 0 unspecified atom stereocenters. The molecule has 16 heavy (non-hydrogen) atoms. The van der Waals surface area contributed by atoms with Crippen molar-refractivity contribution in [3.8, 4) is 0 Å². The molecule has 0 spiro atoms. The van der Waals surface area contributed by atoms with Crippen molar-refractivity contribution in [3.05, 3.63) is 44.4 Å². The van der Waals surface area contributed by atoms with Crippen LogP contribution in [-0.2, 0) is 12.9 Å². The summed E-state index contributed by atoms with van der Waals surface area (Å²) in [7, 11) is 1.60. The first kappa shape index (κ1) is 11.6. The van der Waals surface area contributed by atoms with Crippen molar-refractivity contribution in [3.63, 3.8) is 0 Å². The van der Waals surface area contributed by atoms with Crippen LogP contribution < -0.4 is 5.56 Å². The van der Waals surface area contributed by atoms with E-state index in [0.717, 1.165) is 5.39 Å². The van der Waals surface area contributed by atoms with E-state index < -0.39 is 5.82 Å². The second-order valence-corrected chi connectivity index (χ2v) is 4.52. The molecule has 0 saturated heterocycles. The predicted molar refractivity (Wildman–Crippen MR) is 66.4 cm³/mol. The largest absolute Gasteiger partial charge is 0.310 e. The van der Waals surface area contributed by atoms with Crippen LogP contribution in [-0.4, -0.2) is 4.57 Å². The number of aryl methyl sites for hydroxylation is 1. The fourth-order valence-electron chi connectivity index (χ4n) is 1.67. The number of rotatable bonds is 1. The van der Waals surface area contributed by atoms with Gasteiger partial charge in [0.25, 0.3) is 5.56 Å². The van der Waals surface area contributed by atoms with Crippen molar-refractivity contribution in [2.75, 3.05) is 0 Å². The number of benzene rings is 1. The van der Waals surface area contributed by atoms with E-state index in [4.69, 9.17) is 11.6 Å². The van der Waals surface area contributed by atoms with Gasteiger partial charge in [0.15, 0.2) is 0 Å². The third-order valence-electron chi connectivity index (χ3n) is 2.52. The van der Waals surface area contributed by atoms with Gasteiger partial charge in [0.2, 0.25) is 0 Å². The number of nitrogens with zero attached hydrogens (tertiary/aromatic N) is 1. The molecule has 84 valence electrons. The number of pyridine rings is 1. The number of hydrogen-bond donors (Lipinski definition) is 0. The summed E-state index contributed by atoms with van der Waals surface area (Å²) in [5.74, 6) is -0.167. The molecule has 0 N–H and O–H groups in total. The zero-order chi connectivity index (χ0) is 11.9. The Hall–Kier alpha value is -0.870. The summed E-state index contributed by atoms with van der Waals surface area (Å²) < 4.78 is 15.1. The van der Waals surface area contributed by atoms with E-state index in [2.05, 4.69) is 15.9 Å². The van der Waals surface area contributed by atoms with E-state index in [1.165, 1.54) is 16.7 Å². The molecule has 0 saturated carbocycles. The first-order chi connectivity index (χ1) is 7.56. The van der Waals surface area contributed by atoms with Crippen LogP contribution in [0.1, 0.15) is 5.56 Å². The molecule has 1 aromatic carbocycles. The fraction of sp³-hybridized carbons (Fsp3) is 0.182. The molecule has 0 aliphatic heterocycles. The Bertz CT molecular complexity index is 623. The molecule has 0 aliphatic carbocycles. The number of fused-ring (bicyclic) bond motifs is 1. The number of halogens is 3.